The molecule has 0 radical (unpaired) electrons. The van der Waals surface area contributed by atoms with Gasteiger partial charge in [0.15, 0.2) is 0 Å². The van der Waals surface area contributed by atoms with Crippen molar-refractivity contribution in [3.05, 3.63) is 65.7 Å². The van der Waals surface area contributed by atoms with Crippen LogP contribution in [0.2, 0.25) is 0 Å². The van der Waals surface area contributed by atoms with Crippen LogP contribution in [0.25, 0.3) is 0 Å². The third-order valence-electron chi connectivity index (χ3n) is 3.03. The van der Waals surface area contributed by atoms with E-state index in [1.807, 2.05) is 0 Å². The van der Waals surface area contributed by atoms with Crippen LogP contribution in [0.5, 0.6) is 0 Å². The van der Waals surface area contributed by atoms with E-state index in [-0.39, 0.29) is 10.8 Å². The zero-order valence-corrected chi connectivity index (χ0v) is 13.8. The van der Waals surface area contributed by atoms with Crippen molar-refractivity contribution in [2.45, 2.75) is 4.90 Å². The fraction of sp³-hybridized carbons (Fsp3) is 0. The SMILES string of the molecule is O=C(Nc1nncs1)c1ccc(NS(=O)(=O)c2ccccc2)cc1. The number of rotatable bonds is 5. The predicted octanol–water partition coefficient (Wildman–Crippen LogP) is 2.59. The van der Waals surface area contributed by atoms with E-state index in [0.717, 1.165) is 0 Å². The molecule has 0 saturated carbocycles. The van der Waals surface area contributed by atoms with Crippen molar-refractivity contribution >= 4 is 38.1 Å². The van der Waals surface area contributed by atoms with E-state index in [2.05, 4.69) is 20.2 Å². The van der Waals surface area contributed by atoms with Gasteiger partial charge in [-0.1, -0.05) is 29.5 Å². The topological polar surface area (TPSA) is 101 Å². The van der Waals surface area contributed by atoms with Gasteiger partial charge >= 0.3 is 0 Å². The molecule has 0 fully saturated rings. The van der Waals surface area contributed by atoms with Gasteiger partial charge in [0.05, 0.1) is 4.90 Å². The van der Waals surface area contributed by atoms with Crippen LogP contribution in [-0.4, -0.2) is 24.5 Å². The molecule has 24 heavy (non-hydrogen) atoms. The Labute approximate surface area is 142 Å². The molecule has 9 heteroatoms. The Balaban J connectivity index is 1.72. The van der Waals surface area contributed by atoms with Crippen LogP contribution >= 0.6 is 11.3 Å². The number of hydrogen-bond donors (Lipinski definition) is 2. The summed E-state index contributed by atoms with van der Waals surface area (Å²) in [5, 5.41) is 10.4. The molecule has 2 N–H and O–H groups in total. The monoisotopic (exact) mass is 360 g/mol. The fourth-order valence-corrected chi connectivity index (χ4v) is 3.42. The highest BCUT2D eigenvalue weighted by Gasteiger charge is 2.14. The first-order chi connectivity index (χ1) is 11.5. The number of aromatic nitrogens is 2. The van der Waals surface area contributed by atoms with Gasteiger partial charge < -0.3 is 0 Å². The molecule has 1 amide bonds. The van der Waals surface area contributed by atoms with E-state index >= 15 is 0 Å². The molecule has 1 aromatic heterocycles. The highest BCUT2D eigenvalue weighted by Crippen LogP contribution is 2.17. The normalized spacial score (nSPS) is 11.0. The number of sulfonamides is 1. The summed E-state index contributed by atoms with van der Waals surface area (Å²) >= 11 is 1.21. The summed E-state index contributed by atoms with van der Waals surface area (Å²) in [6.45, 7) is 0. The van der Waals surface area contributed by atoms with Gasteiger partial charge in [-0.3, -0.25) is 14.8 Å². The summed E-state index contributed by atoms with van der Waals surface area (Å²) < 4.78 is 26.9. The van der Waals surface area contributed by atoms with Crippen LogP contribution in [0.1, 0.15) is 10.4 Å². The Morgan fingerprint density at radius 2 is 1.71 bits per heavy atom. The van der Waals surface area contributed by atoms with Crippen molar-refractivity contribution in [3.8, 4) is 0 Å². The molecule has 2 aromatic carbocycles. The van der Waals surface area contributed by atoms with Gasteiger partial charge in [0.25, 0.3) is 15.9 Å². The first kappa shape index (κ1) is 16.1. The summed E-state index contributed by atoms with van der Waals surface area (Å²) in [4.78, 5) is 12.2. The fourth-order valence-electron chi connectivity index (χ4n) is 1.90. The van der Waals surface area contributed by atoms with Crippen LogP contribution < -0.4 is 10.0 Å². The third-order valence-corrected chi connectivity index (χ3v) is 5.04. The van der Waals surface area contributed by atoms with Gasteiger partial charge in [-0.2, -0.15) is 0 Å². The van der Waals surface area contributed by atoms with E-state index in [0.29, 0.717) is 16.4 Å². The van der Waals surface area contributed by atoms with Crippen LogP contribution in [0.4, 0.5) is 10.8 Å². The predicted molar refractivity (Wildman–Crippen MR) is 91.6 cm³/mol. The number of nitrogens with one attached hydrogen (secondary N) is 2. The molecule has 0 atom stereocenters. The molecular weight excluding hydrogens is 348 g/mol. The van der Waals surface area contributed by atoms with E-state index in [1.165, 1.54) is 53.2 Å². The molecule has 7 nitrogen and oxygen atoms in total. The summed E-state index contributed by atoms with van der Waals surface area (Å²) in [5.74, 6) is -0.343. The van der Waals surface area contributed by atoms with Crippen LogP contribution in [-0.2, 0) is 10.0 Å². The molecule has 122 valence electrons. The van der Waals surface area contributed by atoms with Gasteiger partial charge in [-0.05, 0) is 36.4 Å². The Kier molecular flexibility index (Phi) is 4.54. The van der Waals surface area contributed by atoms with Crippen LogP contribution in [0.3, 0.4) is 0 Å². The first-order valence-corrected chi connectivity index (χ1v) is 9.16. The lowest BCUT2D eigenvalue weighted by Gasteiger charge is -2.08. The maximum atomic E-state index is 12.2. The second kappa shape index (κ2) is 6.77. The van der Waals surface area contributed by atoms with Crippen LogP contribution in [0.15, 0.2) is 65.0 Å². The van der Waals surface area contributed by atoms with Gasteiger partial charge in [-0.25, -0.2) is 8.42 Å². The average Bonchev–Trinajstić information content (AvgIpc) is 3.09. The molecular formula is C15H12N4O3S2. The molecule has 1 heterocycles. The number of amides is 1. The number of anilines is 2. The minimum absolute atomic E-state index is 0.170. The number of benzene rings is 2. The average molecular weight is 360 g/mol. The second-order valence-electron chi connectivity index (χ2n) is 4.69. The zero-order chi connectivity index (χ0) is 17.0. The molecule has 0 unspecified atom stereocenters. The lowest BCUT2D eigenvalue weighted by molar-refractivity contribution is 0.102. The maximum absolute atomic E-state index is 12.2. The van der Waals surface area contributed by atoms with E-state index < -0.39 is 10.0 Å². The summed E-state index contributed by atoms with van der Waals surface area (Å²) in [7, 11) is -3.65. The molecule has 0 aliphatic carbocycles. The van der Waals surface area contributed by atoms with E-state index in [4.69, 9.17) is 0 Å². The maximum Gasteiger partial charge on any atom is 0.261 e. The van der Waals surface area contributed by atoms with Crippen molar-refractivity contribution in [1.82, 2.24) is 10.2 Å². The molecule has 0 bridgehead atoms. The Morgan fingerprint density at radius 1 is 1.00 bits per heavy atom. The lowest BCUT2D eigenvalue weighted by atomic mass is 10.2. The number of carbonyl (C=O) groups excluding carboxylic acids is 1. The Hall–Kier alpha value is -2.78. The Bertz CT molecular complexity index is 925. The van der Waals surface area contributed by atoms with Crippen molar-refractivity contribution in [3.63, 3.8) is 0 Å². The van der Waals surface area contributed by atoms with Crippen molar-refractivity contribution < 1.29 is 13.2 Å². The zero-order valence-electron chi connectivity index (χ0n) is 12.2. The quantitative estimate of drug-likeness (QED) is 0.728. The minimum Gasteiger partial charge on any atom is -0.296 e. The molecule has 0 saturated heterocycles. The molecule has 3 aromatic rings. The second-order valence-corrected chi connectivity index (χ2v) is 7.21. The number of hydrogen-bond acceptors (Lipinski definition) is 6. The molecule has 0 aliphatic heterocycles. The summed E-state index contributed by atoms with van der Waals surface area (Å²) in [6, 6.07) is 14.1. The molecule has 0 aliphatic rings. The molecule has 0 spiro atoms. The minimum atomic E-state index is -3.65. The standard InChI is InChI=1S/C15H12N4O3S2/c20-14(17-15-18-16-10-23-15)11-6-8-12(9-7-11)19-24(21,22)13-4-2-1-3-5-13/h1-10,19H,(H,17,18,20). The number of nitrogens with zero attached hydrogens (tertiary/aromatic N) is 2. The van der Waals surface area contributed by atoms with E-state index in [9.17, 15) is 13.2 Å². The van der Waals surface area contributed by atoms with Gasteiger partial charge in [0.2, 0.25) is 5.13 Å². The number of carbonyl (C=O) groups is 1. The largest absolute Gasteiger partial charge is 0.296 e. The summed E-state index contributed by atoms with van der Waals surface area (Å²) in [5.41, 5.74) is 2.26. The van der Waals surface area contributed by atoms with E-state index in [1.54, 1.807) is 18.2 Å². The van der Waals surface area contributed by atoms with Gasteiger partial charge in [0, 0.05) is 11.3 Å². The van der Waals surface area contributed by atoms with Crippen molar-refractivity contribution in [1.29, 1.82) is 0 Å². The lowest BCUT2D eigenvalue weighted by Crippen LogP contribution is -2.14. The third kappa shape index (κ3) is 3.76. The van der Waals surface area contributed by atoms with Crippen molar-refractivity contribution in [2.75, 3.05) is 10.0 Å². The summed E-state index contributed by atoms with van der Waals surface area (Å²) in [6.07, 6.45) is 0. The highest BCUT2D eigenvalue weighted by atomic mass is 32.2. The Morgan fingerprint density at radius 3 is 2.33 bits per heavy atom. The smallest absolute Gasteiger partial charge is 0.261 e. The molecule has 3 rings (SSSR count). The highest BCUT2D eigenvalue weighted by molar-refractivity contribution is 7.92. The first-order valence-electron chi connectivity index (χ1n) is 6.80. The van der Waals surface area contributed by atoms with Gasteiger partial charge in [-0.15, -0.1) is 10.2 Å². The van der Waals surface area contributed by atoms with Crippen molar-refractivity contribution in [2.24, 2.45) is 0 Å². The van der Waals surface area contributed by atoms with Gasteiger partial charge in [0.1, 0.15) is 5.51 Å². The van der Waals surface area contributed by atoms with Crippen LogP contribution in [0, 0.1) is 0 Å².